The normalized spacial score (nSPS) is 10.7. The molecule has 15 heavy (non-hydrogen) atoms. The second-order valence-electron chi connectivity index (χ2n) is 3.29. The van der Waals surface area contributed by atoms with E-state index in [1.165, 1.54) is 5.56 Å². The van der Waals surface area contributed by atoms with Crippen LogP contribution in [0, 0.1) is 0 Å². The molecular formula is C10H13N3OS. The topological polar surface area (TPSA) is 64.9 Å². The Morgan fingerprint density at radius 3 is 2.93 bits per heavy atom. The number of aryl methyl sites for hydroxylation is 1. The predicted molar refractivity (Wildman–Crippen MR) is 58.8 cm³/mol. The lowest BCUT2D eigenvalue weighted by Crippen LogP contribution is -2.00. The van der Waals surface area contributed by atoms with Crippen LogP contribution < -0.4 is 5.73 Å². The molecule has 0 spiro atoms. The maximum atomic E-state index is 5.49. The summed E-state index contributed by atoms with van der Waals surface area (Å²) < 4.78 is 5.49. The lowest BCUT2D eigenvalue weighted by Gasteiger charge is -1.91. The SMILES string of the molecule is NCCCc1nnc(Cc2ccsc2)o1. The molecule has 0 aliphatic heterocycles. The molecule has 0 fully saturated rings. The Balaban J connectivity index is 1.95. The van der Waals surface area contributed by atoms with Crippen molar-refractivity contribution in [3.63, 3.8) is 0 Å². The van der Waals surface area contributed by atoms with E-state index >= 15 is 0 Å². The molecule has 0 aromatic carbocycles. The number of nitrogens with two attached hydrogens (primary N) is 1. The number of nitrogens with zero attached hydrogens (tertiary/aromatic N) is 2. The highest BCUT2D eigenvalue weighted by Gasteiger charge is 2.06. The largest absolute Gasteiger partial charge is 0.425 e. The Morgan fingerprint density at radius 1 is 1.33 bits per heavy atom. The van der Waals surface area contributed by atoms with Crippen LogP contribution in [0.4, 0.5) is 0 Å². The van der Waals surface area contributed by atoms with E-state index in [0.29, 0.717) is 18.3 Å². The van der Waals surface area contributed by atoms with Gasteiger partial charge in [-0.25, -0.2) is 0 Å². The highest BCUT2D eigenvalue weighted by Crippen LogP contribution is 2.12. The monoisotopic (exact) mass is 223 g/mol. The molecule has 2 N–H and O–H groups in total. The van der Waals surface area contributed by atoms with Gasteiger partial charge in [-0.1, -0.05) is 0 Å². The summed E-state index contributed by atoms with van der Waals surface area (Å²) in [6.07, 6.45) is 2.38. The third-order valence-corrected chi connectivity index (χ3v) is 2.77. The Bertz CT molecular complexity index is 396. The summed E-state index contributed by atoms with van der Waals surface area (Å²) >= 11 is 1.67. The van der Waals surface area contributed by atoms with Crippen LogP contribution in [0.2, 0.25) is 0 Å². The molecule has 2 aromatic heterocycles. The first-order valence-corrected chi connectivity index (χ1v) is 5.85. The molecule has 2 rings (SSSR count). The molecule has 0 saturated heterocycles. The van der Waals surface area contributed by atoms with Gasteiger partial charge in [-0.05, 0) is 35.4 Å². The van der Waals surface area contributed by atoms with Gasteiger partial charge in [0.2, 0.25) is 11.8 Å². The van der Waals surface area contributed by atoms with Crippen molar-refractivity contribution >= 4 is 11.3 Å². The van der Waals surface area contributed by atoms with Crippen molar-refractivity contribution in [1.29, 1.82) is 0 Å². The Kier molecular flexibility index (Phi) is 3.47. The van der Waals surface area contributed by atoms with Crippen molar-refractivity contribution in [3.05, 3.63) is 34.2 Å². The van der Waals surface area contributed by atoms with Crippen LogP contribution in [0.15, 0.2) is 21.2 Å². The number of hydrogen-bond acceptors (Lipinski definition) is 5. The molecule has 0 aliphatic rings. The van der Waals surface area contributed by atoms with Crippen LogP contribution >= 0.6 is 11.3 Å². The van der Waals surface area contributed by atoms with Gasteiger partial charge in [0, 0.05) is 6.42 Å². The molecule has 0 unspecified atom stereocenters. The van der Waals surface area contributed by atoms with E-state index in [2.05, 4.69) is 21.6 Å². The molecule has 0 saturated carbocycles. The van der Waals surface area contributed by atoms with Crippen molar-refractivity contribution in [2.75, 3.05) is 6.54 Å². The summed E-state index contributed by atoms with van der Waals surface area (Å²) in [4.78, 5) is 0. The number of rotatable bonds is 5. The first-order chi connectivity index (χ1) is 7.38. The molecule has 0 aliphatic carbocycles. The summed E-state index contributed by atoms with van der Waals surface area (Å²) in [5, 5.41) is 12.1. The van der Waals surface area contributed by atoms with Gasteiger partial charge in [-0.3, -0.25) is 0 Å². The highest BCUT2D eigenvalue weighted by molar-refractivity contribution is 7.07. The molecule has 5 heteroatoms. The Morgan fingerprint density at radius 2 is 2.20 bits per heavy atom. The lowest BCUT2D eigenvalue weighted by atomic mass is 10.2. The van der Waals surface area contributed by atoms with Gasteiger partial charge in [-0.15, -0.1) is 10.2 Å². The van der Waals surface area contributed by atoms with Gasteiger partial charge in [0.1, 0.15) is 0 Å². The number of aromatic nitrogens is 2. The molecule has 0 amide bonds. The van der Waals surface area contributed by atoms with E-state index in [1.807, 2.05) is 5.38 Å². The van der Waals surface area contributed by atoms with Crippen molar-refractivity contribution < 1.29 is 4.42 Å². The minimum atomic E-state index is 0.655. The average molecular weight is 223 g/mol. The molecule has 0 bridgehead atoms. The zero-order chi connectivity index (χ0) is 10.5. The minimum Gasteiger partial charge on any atom is -0.425 e. The van der Waals surface area contributed by atoms with E-state index < -0.39 is 0 Å². The van der Waals surface area contributed by atoms with Gasteiger partial charge in [0.05, 0.1) is 6.42 Å². The van der Waals surface area contributed by atoms with Gasteiger partial charge < -0.3 is 10.2 Å². The molecule has 0 radical (unpaired) electrons. The average Bonchev–Trinajstić information content (AvgIpc) is 2.87. The molecule has 0 atom stereocenters. The fraction of sp³-hybridized carbons (Fsp3) is 0.400. The minimum absolute atomic E-state index is 0.655. The maximum absolute atomic E-state index is 5.49. The third kappa shape index (κ3) is 2.87. The van der Waals surface area contributed by atoms with Gasteiger partial charge >= 0.3 is 0 Å². The fourth-order valence-electron chi connectivity index (χ4n) is 1.28. The molecule has 2 aromatic rings. The van der Waals surface area contributed by atoms with Crippen molar-refractivity contribution in [3.8, 4) is 0 Å². The second-order valence-corrected chi connectivity index (χ2v) is 4.07. The van der Waals surface area contributed by atoms with E-state index in [4.69, 9.17) is 10.2 Å². The summed E-state index contributed by atoms with van der Waals surface area (Å²) in [5.41, 5.74) is 6.62. The van der Waals surface area contributed by atoms with Gasteiger partial charge in [0.15, 0.2) is 0 Å². The highest BCUT2D eigenvalue weighted by atomic mass is 32.1. The standard InChI is InChI=1S/C10H13N3OS/c11-4-1-2-9-12-13-10(14-9)6-8-3-5-15-7-8/h3,5,7H,1-2,4,6,11H2. The van der Waals surface area contributed by atoms with Gasteiger partial charge in [0.25, 0.3) is 0 Å². The van der Waals surface area contributed by atoms with E-state index in [1.54, 1.807) is 11.3 Å². The first-order valence-electron chi connectivity index (χ1n) is 4.91. The zero-order valence-electron chi connectivity index (χ0n) is 8.35. The Hall–Kier alpha value is -1.20. The van der Waals surface area contributed by atoms with Gasteiger partial charge in [-0.2, -0.15) is 11.3 Å². The van der Waals surface area contributed by atoms with Crippen LogP contribution in [0.1, 0.15) is 23.8 Å². The van der Waals surface area contributed by atoms with Crippen molar-refractivity contribution in [2.45, 2.75) is 19.3 Å². The lowest BCUT2D eigenvalue weighted by molar-refractivity contribution is 0.453. The van der Waals surface area contributed by atoms with Crippen LogP contribution in [-0.4, -0.2) is 16.7 Å². The van der Waals surface area contributed by atoms with Crippen LogP contribution in [0.5, 0.6) is 0 Å². The summed E-state index contributed by atoms with van der Waals surface area (Å²) in [6.45, 7) is 0.655. The van der Waals surface area contributed by atoms with E-state index in [-0.39, 0.29) is 0 Å². The summed E-state index contributed by atoms with van der Waals surface area (Å²) in [5.74, 6) is 1.37. The zero-order valence-corrected chi connectivity index (χ0v) is 9.17. The predicted octanol–water partition coefficient (Wildman–Crippen LogP) is 1.61. The van der Waals surface area contributed by atoms with E-state index in [9.17, 15) is 0 Å². The smallest absolute Gasteiger partial charge is 0.220 e. The number of hydrogen-bond donors (Lipinski definition) is 1. The van der Waals surface area contributed by atoms with Crippen molar-refractivity contribution in [1.82, 2.24) is 10.2 Å². The summed E-state index contributed by atoms with van der Waals surface area (Å²) in [7, 11) is 0. The second kappa shape index (κ2) is 5.04. The quantitative estimate of drug-likeness (QED) is 0.836. The van der Waals surface area contributed by atoms with Crippen LogP contribution in [-0.2, 0) is 12.8 Å². The summed E-state index contributed by atoms with van der Waals surface area (Å²) in [6, 6.07) is 2.06. The maximum Gasteiger partial charge on any atom is 0.220 e. The first kappa shape index (κ1) is 10.3. The third-order valence-electron chi connectivity index (χ3n) is 2.04. The van der Waals surface area contributed by atoms with Crippen LogP contribution in [0.3, 0.4) is 0 Å². The molecule has 4 nitrogen and oxygen atoms in total. The van der Waals surface area contributed by atoms with Crippen LogP contribution in [0.25, 0.3) is 0 Å². The fourth-order valence-corrected chi connectivity index (χ4v) is 1.95. The van der Waals surface area contributed by atoms with E-state index in [0.717, 1.165) is 19.3 Å². The molecule has 2 heterocycles. The molecule has 80 valence electrons. The van der Waals surface area contributed by atoms with Crippen molar-refractivity contribution in [2.24, 2.45) is 5.73 Å². The number of thiophene rings is 1. The Labute approximate surface area is 92.1 Å². The molecular weight excluding hydrogens is 210 g/mol.